The van der Waals surface area contributed by atoms with Gasteiger partial charge in [-0.05, 0) is 42.9 Å². The Morgan fingerprint density at radius 2 is 2.36 bits per heavy atom. The number of rotatable bonds is 6. The molecule has 1 N–H and O–H groups in total. The summed E-state index contributed by atoms with van der Waals surface area (Å²) < 4.78 is 7.19. The predicted octanol–water partition coefficient (Wildman–Crippen LogP) is 3.45. The zero-order valence-corrected chi connectivity index (χ0v) is 17.6. The van der Waals surface area contributed by atoms with Gasteiger partial charge in [-0.1, -0.05) is 18.7 Å². The smallest absolute Gasteiger partial charge is 0.263 e. The number of thioether (sulfide) groups is 1. The summed E-state index contributed by atoms with van der Waals surface area (Å²) in [6.07, 6.45) is 4.70. The molecule has 3 heterocycles. The van der Waals surface area contributed by atoms with Gasteiger partial charge in [-0.3, -0.25) is 14.2 Å². The number of hydrogen-bond acceptors (Lipinski definition) is 6. The van der Waals surface area contributed by atoms with Gasteiger partial charge in [0.1, 0.15) is 10.6 Å². The zero-order valence-electron chi connectivity index (χ0n) is 16.0. The number of amides is 1. The van der Waals surface area contributed by atoms with Crippen molar-refractivity contribution in [2.45, 2.75) is 44.8 Å². The normalized spacial score (nSPS) is 16.3. The Labute approximate surface area is 171 Å². The first-order chi connectivity index (χ1) is 13.5. The molecule has 148 valence electrons. The first-order valence-corrected chi connectivity index (χ1v) is 11.3. The van der Waals surface area contributed by atoms with Crippen LogP contribution in [0.4, 0.5) is 0 Å². The van der Waals surface area contributed by atoms with Gasteiger partial charge in [-0.2, -0.15) is 0 Å². The molecule has 0 spiro atoms. The van der Waals surface area contributed by atoms with E-state index in [1.807, 2.05) is 12.1 Å². The lowest BCUT2D eigenvalue weighted by atomic mass is 9.89. The molecule has 28 heavy (non-hydrogen) atoms. The van der Waals surface area contributed by atoms with E-state index in [0.29, 0.717) is 29.9 Å². The van der Waals surface area contributed by atoms with Crippen LogP contribution < -0.4 is 10.9 Å². The molecule has 0 unspecified atom stereocenters. The molecule has 0 bridgehead atoms. The van der Waals surface area contributed by atoms with E-state index in [1.54, 1.807) is 22.2 Å². The zero-order chi connectivity index (χ0) is 19.7. The van der Waals surface area contributed by atoms with Crippen molar-refractivity contribution in [3.05, 3.63) is 45.0 Å². The molecular formula is C20H23N3O3S2. The van der Waals surface area contributed by atoms with Crippen molar-refractivity contribution in [2.75, 3.05) is 12.3 Å². The van der Waals surface area contributed by atoms with E-state index < -0.39 is 0 Å². The van der Waals surface area contributed by atoms with Gasteiger partial charge in [0.05, 0.1) is 18.2 Å². The van der Waals surface area contributed by atoms with E-state index in [1.165, 1.54) is 29.1 Å². The van der Waals surface area contributed by atoms with Gasteiger partial charge >= 0.3 is 0 Å². The molecule has 1 amide bonds. The molecule has 0 aromatic carbocycles. The van der Waals surface area contributed by atoms with E-state index in [-0.39, 0.29) is 11.5 Å². The quantitative estimate of drug-likeness (QED) is 0.378. The van der Waals surface area contributed by atoms with Crippen molar-refractivity contribution in [3.63, 3.8) is 0 Å². The second kappa shape index (κ2) is 8.13. The van der Waals surface area contributed by atoms with Crippen LogP contribution in [0.1, 0.15) is 36.5 Å². The fraction of sp³-hybridized carbons (Fsp3) is 0.450. The van der Waals surface area contributed by atoms with Gasteiger partial charge in [0.15, 0.2) is 5.16 Å². The summed E-state index contributed by atoms with van der Waals surface area (Å²) >= 11 is 3.15. The van der Waals surface area contributed by atoms with Crippen molar-refractivity contribution in [1.82, 2.24) is 14.9 Å². The second-order valence-electron chi connectivity index (χ2n) is 7.23. The molecule has 0 saturated carbocycles. The van der Waals surface area contributed by atoms with Crippen LogP contribution in [0.3, 0.4) is 0 Å². The molecule has 1 aliphatic rings. The minimum atomic E-state index is -0.0583. The minimum Gasteiger partial charge on any atom is -0.467 e. The highest BCUT2D eigenvalue weighted by molar-refractivity contribution is 7.99. The topological polar surface area (TPSA) is 77.1 Å². The van der Waals surface area contributed by atoms with Crippen LogP contribution in [0.5, 0.6) is 0 Å². The lowest BCUT2D eigenvalue weighted by Gasteiger charge is -2.17. The molecule has 0 aliphatic heterocycles. The Kier molecular flexibility index (Phi) is 5.59. The molecule has 4 rings (SSSR count). The number of aromatic nitrogens is 2. The van der Waals surface area contributed by atoms with Crippen LogP contribution in [-0.4, -0.2) is 27.8 Å². The van der Waals surface area contributed by atoms with Crippen LogP contribution >= 0.6 is 23.1 Å². The van der Waals surface area contributed by atoms with Gasteiger partial charge in [0.2, 0.25) is 5.91 Å². The molecule has 8 heteroatoms. The van der Waals surface area contributed by atoms with Crippen LogP contribution in [0.25, 0.3) is 10.2 Å². The minimum absolute atomic E-state index is 0.00970. The van der Waals surface area contributed by atoms with Crippen molar-refractivity contribution in [2.24, 2.45) is 5.92 Å². The van der Waals surface area contributed by atoms with Crippen LogP contribution in [0.2, 0.25) is 0 Å². The highest BCUT2D eigenvalue weighted by Crippen LogP contribution is 2.36. The summed E-state index contributed by atoms with van der Waals surface area (Å²) in [7, 11) is 0. The van der Waals surface area contributed by atoms with Crippen molar-refractivity contribution >= 4 is 39.2 Å². The largest absolute Gasteiger partial charge is 0.467 e. The number of nitrogens with zero attached hydrogens (tertiary/aromatic N) is 2. The lowest BCUT2D eigenvalue weighted by molar-refractivity contribution is -0.118. The highest BCUT2D eigenvalue weighted by atomic mass is 32.2. The maximum absolute atomic E-state index is 13.4. The number of nitrogens with one attached hydrogen (secondary N) is 1. The molecule has 0 radical (unpaired) electrons. The Morgan fingerprint density at radius 1 is 1.50 bits per heavy atom. The SMILES string of the molecule is CC(=O)NCCSc1nc2sc3c(c2c(=O)n1Cc1ccco1)CC[C@H](C)C3. The summed E-state index contributed by atoms with van der Waals surface area (Å²) in [6, 6.07) is 3.69. The van der Waals surface area contributed by atoms with Gasteiger partial charge in [0.25, 0.3) is 5.56 Å². The summed E-state index contributed by atoms with van der Waals surface area (Å²) in [5, 5.41) is 4.24. The van der Waals surface area contributed by atoms with E-state index in [2.05, 4.69) is 12.2 Å². The average Bonchev–Trinajstić information content (AvgIpc) is 3.28. The Bertz CT molecular complexity index is 1050. The van der Waals surface area contributed by atoms with E-state index in [4.69, 9.17) is 9.40 Å². The van der Waals surface area contributed by atoms with Crippen LogP contribution in [0, 0.1) is 5.92 Å². The van der Waals surface area contributed by atoms with E-state index in [0.717, 1.165) is 35.2 Å². The molecule has 3 aromatic rings. The summed E-state index contributed by atoms with van der Waals surface area (Å²) in [5.74, 6) is 1.97. The Morgan fingerprint density at radius 3 is 3.11 bits per heavy atom. The first kappa shape index (κ1) is 19.3. The fourth-order valence-electron chi connectivity index (χ4n) is 3.58. The molecule has 0 fully saturated rings. The number of carbonyl (C=O) groups excluding carboxylic acids is 1. The second-order valence-corrected chi connectivity index (χ2v) is 9.37. The molecule has 3 aromatic heterocycles. The predicted molar refractivity (Wildman–Crippen MR) is 112 cm³/mol. The maximum Gasteiger partial charge on any atom is 0.263 e. The van der Waals surface area contributed by atoms with Crippen molar-refractivity contribution in [3.8, 4) is 0 Å². The van der Waals surface area contributed by atoms with Crippen LogP contribution in [0.15, 0.2) is 32.8 Å². The van der Waals surface area contributed by atoms with Gasteiger partial charge in [0, 0.05) is 24.1 Å². The molecule has 1 aliphatic carbocycles. The molecular weight excluding hydrogens is 394 g/mol. The lowest BCUT2D eigenvalue weighted by Crippen LogP contribution is -2.26. The Hall–Kier alpha value is -2.06. The maximum atomic E-state index is 13.4. The molecule has 1 atom stereocenters. The number of thiophene rings is 1. The third kappa shape index (κ3) is 3.89. The standard InChI is InChI=1S/C20H23N3O3S2/c1-12-5-6-15-16(10-12)28-18-17(15)19(25)23(11-14-4-3-8-26-14)20(22-18)27-9-7-21-13(2)24/h3-4,8,12H,5-7,9-11H2,1-2H3,(H,21,24)/t12-/m0/s1. The van der Waals surface area contributed by atoms with Gasteiger partial charge < -0.3 is 9.73 Å². The first-order valence-electron chi connectivity index (χ1n) is 9.47. The summed E-state index contributed by atoms with van der Waals surface area (Å²) in [6.45, 7) is 4.66. The summed E-state index contributed by atoms with van der Waals surface area (Å²) in [5.41, 5.74) is 1.20. The molecule has 6 nitrogen and oxygen atoms in total. The Balaban J connectivity index is 1.74. The number of hydrogen-bond donors (Lipinski definition) is 1. The average molecular weight is 418 g/mol. The fourth-order valence-corrected chi connectivity index (χ4v) is 5.86. The van der Waals surface area contributed by atoms with Crippen molar-refractivity contribution < 1.29 is 9.21 Å². The third-order valence-corrected chi connectivity index (χ3v) is 7.11. The molecule has 0 saturated heterocycles. The van der Waals surface area contributed by atoms with E-state index in [9.17, 15) is 9.59 Å². The van der Waals surface area contributed by atoms with Gasteiger partial charge in [-0.15, -0.1) is 11.3 Å². The number of aryl methyl sites for hydroxylation is 1. The van der Waals surface area contributed by atoms with E-state index >= 15 is 0 Å². The number of carbonyl (C=O) groups is 1. The monoisotopic (exact) mass is 417 g/mol. The van der Waals surface area contributed by atoms with Gasteiger partial charge in [-0.25, -0.2) is 4.98 Å². The highest BCUT2D eigenvalue weighted by Gasteiger charge is 2.25. The number of fused-ring (bicyclic) bond motifs is 3. The van der Waals surface area contributed by atoms with Crippen LogP contribution in [-0.2, 0) is 24.2 Å². The van der Waals surface area contributed by atoms with Crippen molar-refractivity contribution in [1.29, 1.82) is 0 Å². The summed E-state index contributed by atoms with van der Waals surface area (Å²) in [4.78, 5) is 31.5. The third-order valence-electron chi connectivity index (χ3n) is 4.98. The number of furan rings is 1.